The summed E-state index contributed by atoms with van der Waals surface area (Å²) in [5.41, 5.74) is 0.813. The number of nitrogens with one attached hydrogen (secondary N) is 1. The van der Waals surface area contributed by atoms with Crippen LogP contribution in [0.3, 0.4) is 0 Å². The summed E-state index contributed by atoms with van der Waals surface area (Å²) in [5.74, 6) is 0. The first-order chi connectivity index (χ1) is 7.05. The quantitative estimate of drug-likeness (QED) is 0.860. The van der Waals surface area contributed by atoms with Gasteiger partial charge in [-0.2, -0.15) is 0 Å². The van der Waals surface area contributed by atoms with Crippen molar-refractivity contribution in [2.75, 3.05) is 13.3 Å². The van der Waals surface area contributed by atoms with Crippen LogP contribution in [0.25, 0.3) is 0 Å². The van der Waals surface area contributed by atoms with E-state index in [9.17, 15) is 8.42 Å². The fraction of sp³-hybridized carbons (Fsp3) is 0.455. The van der Waals surface area contributed by atoms with Crippen molar-refractivity contribution < 1.29 is 8.42 Å². The van der Waals surface area contributed by atoms with Gasteiger partial charge >= 0.3 is 0 Å². The second kappa shape index (κ2) is 6.58. The van der Waals surface area contributed by atoms with Gasteiger partial charge in [0.25, 0.3) is 0 Å². The minimum atomic E-state index is -3.10. The number of hydrogen-bond acceptors (Lipinski definition) is 3. The third-order valence-electron chi connectivity index (χ3n) is 1.74. The molecule has 0 saturated carbocycles. The first-order valence-electron chi connectivity index (χ1n) is 4.98. The molecule has 0 heterocycles. The van der Waals surface area contributed by atoms with E-state index in [2.05, 4.69) is 5.32 Å². The van der Waals surface area contributed by atoms with Gasteiger partial charge in [0.1, 0.15) is 0 Å². The summed E-state index contributed by atoms with van der Waals surface area (Å²) in [4.78, 5) is 0.407. The number of hydrogen-bond donors (Lipinski definition) is 1. The molecule has 15 heavy (non-hydrogen) atoms. The third kappa shape index (κ3) is 4.44. The predicted molar refractivity (Wildman–Crippen MR) is 63.7 cm³/mol. The fourth-order valence-electron chi connectivity index (χ4n) is 1.20. The van der Waals surface area contributed by atoms with Crippen LogP contribution >= 0.6 is 0 Å². The first-order valence-corrected chi connectivity index (χ1v) is 6.87. The van der Waals surface area contributed by atoms with Crippen molar-refractivity contribution in [3.8, 4) is 0 Å². The largest absolute Gasteiger partial charge is 0.316 e. The summed E-state index contributed by atoms with van der Waals surface area (Å²) < 4.78 is 22.6. The van der Waals surface area contributed by atoms with E-state index in [1.54, 1.807) is 19.2 Å². The van der Waals surface area contributed by atoms with Crippen molar-refractivity contribution in [2.24, 2.45) is 0 Å². The minimum Gasteiger partial charge on any atom is -0.316 e. The van der Waals surface area contributed by atoms with E-state index in [0.29, 0.717) is 11.4 Å². The van der Waals surface area contributed by atoms with Crippen molar-refractivity contribution in [1.82, 2.24) is 5.32 Å². The zero-order valence-corrected chi connectivity index (χ0v) is 10.6. The van der Waals surface area contributed by atoms with Crippen molar-refractivity contribution >= 4 is 9.84 Å². The van der Waals surface area contributed by atoms with E-state index in [4.69, 9.17) is 0 Å². The maximum atomic E-state index is 11.3. The lowest BCUT2D eigenvalue weighted by Gasteiger charge is -2.05. The Labute approximate surface area is 92.4 Å². The summed E-state index contributed by atoms with van der Waals surface area (Å²) in [7, 11) is -1.30. The molecule has 0 spiro atoms. The molecular formula is C11H19NO2S. The molecule has 0 aliphatic rings. The van der Waals surface area contributed by atoms with Gasteiger partial charge in [-0.1, -0.05) is 32.0 Å². The van der Waals surface area contributed by atoms with Crippen LogP contribution in [0, 0.1) is 0 Å². The van der Waals surface area contributed by atoms with Gasteiger partial charge in [-0.25, -0.2) is 8.42 Å². The Morgan fingerprint density at radius 2 is 1.73 bits per heavy atom. The average Bonchev–Trinajstić information content (AvgIpc) is 2.21. The molecular weight excluding hydrogens is 210 g/mol. The highest BCUT2D eigenvalue weighted by atomic mass is 32.2. The Kier molecular flexibility index (Phi) is 6.20. The first kappa shape index (κ1) is 14.1. The standard InChI is InChI=1S/C9H13NO2S.C2H6/c1-10-7-8-5-3-4-6-9(8)13(2,11)12;1-2/h3-6,10H,7H2,1-2H3;1-2H3. The van der Waals surface area contributed by atoms with Crippen LogP contribution in [0.4, 0.5) is 0 Å². The van der Waals surface area contributed by atoms with Gasteiger partial charge in [-0.05, 0) is 18.7 Å². The van der Waals surface area contributed by atoms with E-state index >= 15 is 0 Å². The lowest BCUT2D eigenvalue weighted by Crippen LogP contribution is -2.10. The zero-order chi connectivity index (χ0) is 11.9. The molecule has 86 valence electrons. The molecule has 1 rings (SSSR count). The normalized spacial score (nSPS) is 10.4. The van der Waals surface area contributed by atoms with E-state index in [1.807, 2.05) is 26.0 Å². The molecule has 1 aromatic rings. The second-order valence-corrected chi connectivity index (χ2v) is 4.89. The Bertz CT molecular complexity index is 385. The van der Waals surface area contributed by atoms with Crippen molar-refractivity contribution in [3.63, 3.8) is 0 Å². The summed E-state index contributed by atoms with van der Waals surface area (Å²) in [6.45, 7) is 4.57. The third-order valence-corrected chi connectivity index (χ3v) is 2.94. The van der Waals surface area contributed by atoms with Crippen molar-refractivity contribution in [1.29, 1.82) is 0 Å². The van der Waals surface area contributed by atoms with Gasteiger partial charge in [0.15, 0.2) is 9.84 Å². The fourth-order valence-corrected chi connectivity index (χ4v) is 2.14. The van der Waals surface area contributed by atoms with E-state index in [0.717, 1.165) is 5.56 Å². The molecule has 0 aromatic heterocycles. The molecule has 0 saturated heterocycles. The number of sulfone groups is 1. The molecule has 0 atom stereocenters. The molecule has 4 heteroatoms. The molecule has 0 fully saturated rings. The maximum Gasteiger partial charge on any atom is 0.175 e. The highest BCUT2D eigenvalue weighted by Gasteiger charge is 2.10. The van der Waals surface area contributed by atoms with Crippen LogP contribution in [0.15, 0.2) is 29.2 Å². The van der Waals surface area contributed by atoms with Gasteiger partial charge < -0.3 is 5.32 Å². The molecule has 0 amide bonds. The van der Waals surface area contributed by atoms with Crippen LogP contribution in [0.2, 0.25) is 0 Å². The van der Waals surface area contributed by atoms with E-state index < -0.39 is 9.84 Å². The highest BCUT2D eigenvalue weighted by Crippen LogP contribution is 2.14. The van der Waals surface area contributed by atoms with Crippen molar-refractivity contribution in [3.05, 3.63) is 29.8 Å². The van der Waals surface area contributed by atoms with Crippen LogP contribution < -0.4 is 5.32 Å². The van der Waals surface area contributed by atoms with Crippen molar-refractivity contribution in [2.45, 2.75) is 25.3 Å². The molecule has 0 radical (unpaired) electrons. The molecule has 1 aromatic carbocycles. The number of benzene rings is 1. The summed E-state index contributed by atoms with van der Waals surface area (Å²) >= 11 is 0. The van der Waals surface area contributed by atoms with Crippen LogP contribution in [-0.2, 0) is 16.4 Å². The van der Waals surface area contributed by atoms with Gasteiger partial charge in [0.2, 0.25) is 0 Å². The van der Waals surface area contributed by atoms with Crippen LogP contribution in [0.1, 0.15) is 19.4 Å². The molecule has 0 bridgehead atoms. The predicted octanol–water partition coefficient (Wildman–Crippen LogP) is 1.84. The lowest BCUT2D eigenvalue weighted by atomic mass is 10.2. The average molecular weight is 229 g/mol. The molecule has 1 N–H and O–H groups in total. The number of rotatable bonds is 3. The van der Waals surface area contributed by atoms with Crippen LogP contribution in [0.5, 0.6) is 0 Å². The minimum absolute atomic E-state index is 0.407. The lowest BCUT2D eigenvalue weighted by molar-refractivity contribution is 0.600. The maximum absolute atomic E-state index is 11.3. The Hall–Kier alpha value is -0.870. The Balaban J connectivity index is 0.000000921. The smallest absolute Gasteiger partial charge is 0.175 e. The second-order valence-electron chi connectivity index (χ2n) is 2.91. The van der Waals surface area contributed by atoms with E-state index in [1.165, 1.54) is 6.26 Å². The topological polar surface area (TPSA) is 46.2 Å². The van der Waals surface area contributed by atoms with Gasteiger partial charge in [0, 0.05) is 12.8 Å². The molecule has 0 unspecified atom stereocenters. The summed E-state index contributed by atoms with van der Waals surface area (Å²) in [6.07, 6.45) is 1.22. The van der Waals surface area contributed by atoms with Gasteiger partial charge in [-0.3, -0.25) is 0 Å². The highest BCUT2D eigenvalue weighted by molar-refractivity contribution is 7.90. The van der Waals surface area contributed by atoms with E-state index in [-0.39, 0.29) is 0 Å². The Morgan fingerprint density at radius 3 is 2.20 bits per heavy atom. The summed E-state index contributed by atoms with van der Waals surface area (Å²) in [5, 5.41) is 2.93. The SMILES string of the molecule is CC.CNCc1ccccc1S(C)(=O)=O. The zero-order valence-electron chi connectivity index (χ0n) is 9.74. The molecule has 0 aliphatic heterocycles. The molecule has 3 nitrogen and oxygen atoms in total. The summed E-state index contributed by atoms with van der Waals surface area (Å²) in [6, 6.07) is 7.01. The van der Waals surface area contributed by atoms with Gasteiger partial charge in [-0.15, -0.1) is 0 Å². The van der Waals surface area contributed by atoms with Gasteiger partial charge in [0.05, 0.1) is 4.90 Å². The van der Waals surface area contributed by atoms with Crippen LogP contribution in [-0.4, -0.2) is 21.7 Å². The molecule has 0 aliphatic carbocycles. The monoisotopic (exact) mass is 229 g/mol. The Morgan fingerprint density at radius 1 is 1.20 bits per heavy atom.